The van der Waals surface area contributed by atoms with Crippen LogP contribution in [0, 0.1) is 0 Å². The summed E-state index contributed by atoms with van der Waals surface area (Å²) >= 11 is 0. The molecule has 2 bridgehead atoms. The van der Waals surface area contributed by atoms with E-state index in [1.54, 1.807) is 0 Å². The lowest BCUT2D eigenvalue weighted by Crippen LogP contribution is -2.28. The summed E-state index contributed by atoms with van der Waals surface area (Å²) < 4.78 is 5.70. The van der Waals surface area contributed by atoms with Crippen molar-refractivity contribution in [2.45, 2.75) is 32.8 Å². The van der Waals surface area contributed by atoms with E-state index in [4.69, 9.17) is 4.74 Å². The number of fused-ring (bicyclic) bond motifs is 4. The highest BCUT2D eigenvalue weighted by atomic mass is 16.5. The average molecular weight is 621 g/mol. The van der Waals surface area contributed by atoms with Crippen molar-refractivity contribution in [1.82, 2.24) is 0 Å². The first-order chi connectivity index (χ1) is 23.5. The number of esters is 1. The SMILES string of the molecule is CC=C(C)C.O=C1OC2C=CC1c1cc(-c3cccc(-c4ccc5cc(-c6ccc7ccccc7c6)ccc5c4)c3)c3ccccc3c12. The highest BCUT2D eigenvalue weighted by Crippen LogP contribution is 2.47. The monoisotopic (exact) mass is 620 g/mol. The van der Waals surface area contributed by atoms with Crippen LogP contribution in [0.5, 0.6) is 0 Å². The van der Waals surface area contributed by atoms with E-state index < -0.39 is 0 Å². The number of benzene rings is 7. The molecular weight excluding hydrogens is 585 g/mol. The Kier molecular flexibility index (Phi) is 7.50. The zero-order valence-electron chi connectivity index (χ0n) is 27.4. The Morgan fingerprint density at radius 3 is 1.75 bits per heavy atom. The van der Waals surface area contributed by atoms with Gasteiger partial charge in [-0.2, -0.15) is 0 Å². The second-order valence-electron chi connectivity index (χ2n) is 13.0. The molecule has 0 radical (unpaired) electrons. The molecule has 10 rings (SSSR count). The van der Waals surface area contributed by atoms with Gasteiger partial charge in [0.1, 0.15) is 12.0 Å². The number of rotatable bonds is 3. The Balaban J connectivity index is 0.000000629. The van der Waals surface area contributed by atoms with Gasteiger partial charge in [0.2, 0.25) is 0 Å². The summed E-state index contributed by atoms with van der Waals surface area (Å²) in [6.45, 7) is 6.20. The van der Waals surface area contributed by atoms with Crippen molar-refractivity contribution < 1.29 is 9.53 Å². The van der Waals surface area contributed by atoms with Crippen LogP contribution in [-0.4, -0.2) is 5.97 Å². The van der Waals surface area contributed by atoms with E-state index >= 15 is 0 Å². The fourth-order valence-electron chi connectivity index (χ4n) is 6.99. The molecule has 0 amide bonds. The van der Waals surface area contributed by atoms with Gasteiger partial charge in [-0.05, 0) is 128 Å². The molecule has 2 nitrogen and oxygen atoms in total. The Bertz CT molecular complexity index is 2440. The fourth-order valence-corrected chi connectivity index (χ4v) is 6.99. The van der Waals surface area contributed by atoms with Gasteiger partial charge in [-0.25, -0.2) is 0 Å². The van der Waals surface area contributed by atoms with Gasteiger partial charge in [-0.3, -0.25) is 4.79 Å². The molecule has 2 aliphatic heterocycles. The molecule has 48 heavy (non-hydrogen) atoms. The summed E-state index contributed by atoms with van der Waals surface area (Å²) in [6.07, 6.45) is 5.79. The average Bonchev–Trinajstić information content (AvgIpc) is 3.14. The fraction of sp³-hybridized carbons (Fsp3) is 0.109. The van der Waals surface area contributed by atoms with E-state index in [9.17, 15) is 4.79 Å². The molecule has 232 valence electrons. The number of allylic oxidation sites excluding steroid dienone is 2. The van der Waals surface area contributed by atoms with Crippen LogP contribution in [-0.2, 0) is 9.53 Å². The third-order valence-electron chi connectivity index (χ3n) is 9.72. The molecule has 0 saturated heterocycles. The Labute approximate surface area is 281 Å². The first-order valence-corrected chi connectivity index (χ1v) is 16.6. The van der Waals surface area contributed by atoms with Crippen LogP contribution in [0.2, 0.25) is 0 Å². The normalized spacial score (nSPS) is 15.9. The van der Waals surface area contributed by atoms with Crippen molar-refractivity contribution in [3.8, 4) is 33.4 Å². The molecule has 0 saturated carbocycles. The first-order valence-electron chi connectivity index (χ1n) is 16.6. The molecule has 2 heterocycles. The standard InChI is InChI=1S/C41H26O2.C5H10/c42-41-36-18-19-39(43-41)40-35-11-4-3-10-34(35)37(24-38(36)40)33-9-5-8-27(23-33)28-14-15-32-22-31(17-16-30(32)21-28)29-13-12-25-6-1-2-7-26(25)20-29;1-4-5(2)3/h1-24,36,39H;4H,1-3H3. The van der Waals surface area contributed by atoms with Crippen molar-refractivity contribution in [3.63, 3.8) is 0 Å². The van der Waals surface area contributed by atoms with Gasteiger partial charge in [0.25, 0.3) is 0 Å². The zero-order chi connectivity index (χ0) is 32.8. The summed E-state index contributed by atoms with van der Waals surface area (Å²) in [5.41, 5.74) is 10.7. The van der Waals surface area contributed by atoms with Crippen molar-refractivity contribution in [2.75, 3.05) is 0 Å². The molecule has 0 fully saturated rings. The Morgan fingerprint density at radius 2 is 1.10 bits per heavy atom. The molecule has 2 unspecified atom stereocenters. The van der Waals surface area contributed by atoms with Crippen LogP contribution >= 0.6 is 0 Å². The summed E-state index contributed by atoms with van der Waals surface area (Å²) in [5, 5.41) is 7.28. The van der Waals surface area contributed by atoms with Crippen molar-refractivity contribution >= 4 is 38.3 Å². The minimum atomic E-state index is -0.341. The minimum absolute atomic E-state index is 0.157. The Morgan fingerprint density at radius 1 is 0.562 bits per heavy atom. The highest BCUT2D eigenvalue weighted by Gasteiger charge is 2.38. The van der Waals surface area contributed by atoms with Gasteiger partial charge < -0.3 is 4.74 Å². The van der Waals surface area contributed by atoms with Crippen molar-refractivity contribution in [1.29, 1.82) is 0 Å². The topological polar surface area (TPSA) is 26.3 Å². The lowest BCUT2D eigenvalue weighted by atomic mass is 9.78. The van der Waals surface area contributed by atoms with Crippen LogP contribution in [0.3, 0.4) is 0 Å². The maximum Gasteiger partial charge on any atom is 0.318 e. The van der Waals surface area contributed by atoms with E-state index in [1.165, 1.54) is 54.8 Å². The van der Waals surface area contributed by atoms with Gasteiger partial charge in [-0.15, -0.1) is 0 Å². The van der Waals surface area contributed by atoms with E-state index in [-0.39, 0.29) is 18.0 Å². The molecule has 1 aliphatic carbocycles. The van der Waals surface area contributed by atoms with Gasteiger partial charge in [0.15, 0.2) is 0 Å². The molecule has 0 aromatic heterocycles. The molecule has 0 N–H and O–H groups in total. The van der Waals surface area contributed by atoms with Crippen molar-refractivity contribution in [3.05, 3.63) is 168 Å². The van der Waals surface area contributed by atoms with Crippen LogP contribution in [0.25, 0.3) is 65.7 Å². The minimum Gasteiger partial charge on any atom is -0.452 e. The van der Waals surface area contributed by atoms with E-state index in [1.807, 2.05) is 19.1 Å². The first kappa shape index (κ1) is 29.7. The van der Waals surface area contributed by atoms with Gasteiger partial charge >= 0.3 is 5.97 Å². The third kappa shape index (κ3) is 5.30. The molecule has 0 spiro atoms. The predicted octanol–water partition coefficient (Wildman–Crippen LogP) is 12.4. The third-order valence-corrected chi connectivity index (χ3v) is 9.72. The largest absolute Gasteiger partial charge is 0.452 e. The molecule has 2 atom stereocenters. The second-order valence-corrected chi connectivity index (χ2v) is 13.0. The number of hydrogen-bond acceptors (Lipinski definition) is 2. The summed E-state index contributed by atoms with van der Waals surface area (Å²) in [6, 6.07) is 48.1. The molecule has 3 aliphatic rings. The maximum atomic E-state index is 12.6. The lowest BCUT2D eigenvalue weighted by Gasteiger charge is -2.34. The quantitative estimate of drug-likeness (QED) is 0.145. The smallest absolute Gasteiger partial charge is 0.318 e. The number of ether oxygens (including phenoxy) is 1. The van der Waals surface area contributed by atoms with Gasteiger partial charge in [0, 0.05) is 5.56 Å². The maximum absolute atomic E-state index is 12.6. The second kappa shape index (κ2) is 12.1. The molecule has 7 aromatic carbocycles. The van der Waals surface area contributed by atoms with Crippen LogP contribution in [0.1, 0.15) is 43.9 Å². The van der Waals surface area contributed by atoms with E-state index in [0.29, 0.717) is 0 Å². The van der Waals surface area contributed by atoms with Crippen LogP contribution < -0.4 is 0 Å². The number of carbonyl (C=O) groups is 1. The number of carbonyl (C=O) groups excluding carboxylic acids is 1. The van der Waals surface area contributed by atoms with Gasteiger partial charge in [-0.1, -0.05) is 121 Å². The predicted molar refractivity (Wildman–Crippen MR) is 201 cm³/mol. The van der Waals surface area contributed by atoms with E-state index in [0.717, 1.165) is 27.6 Å². The highest BCUT2D eigenvalue weighted by molar-refractivity contribution is 6.03. The zero-order valence-corrected chi connectivity index (χ0v) is 27.4. The lowest BCUT2D eigenvalue weighted by molar-refractivity contribution is -0.150. The summed E-state index contributed by atoms with van der Waals surface area (Å²) in [7, 11) is 0. The summed E-state index contributed by atoms with van der Waals surface area (Å²) in [5.74, 6) is -0.499. The van der Waals surface area contributed by atoms with Crippen LogP contribution in [0.15, 0.2) is 157 Å². The Hall–Kier alpha value is -5.73. The molecular formula is C46H36O2. The molecule has 7 aromatic rings. The van der Waals surface area contributed by atoms with E-state index in [2.05, 4.69) is 153 Å². The molecule has 2 heteroatoms. The van der Waals surface area contributed by atoms with Crippen molar-refractivity contribution in [2.24, 2.45) is 0 Å². The summed E-state index contributed by atoms with van der Waals surface area (Å²) in [4.78, 5) is 12.6. The number of hydrogen-bond donors (Lipinski definition) is 0. The van der Waals surface area contributed by atoms with Gasteiger partial charge in [0.05, 0.1) is 0 Å². The van der Waals surface area contributed by atoms with Crippen LogP contribution in [0.4, 0.5) is 0 Å².